The first kappa shape index (κ1) is 23.2. The minimum Gasteiger partial charge on any atom is -0.481 e. The van der Waals surface area contributed by atoms with E-state index in [4.69, 9.17) is 16.3 Å². The molecule has 3 heterocycles. The first-order chi connectivity index (χ1) is 15.2. The first-order valence-electron chi connectivity index (χ1n) is 10.3. The fourth-order valence-electron chi connectivity index (χ4n) is 5.41. The maximum absolute atomic E-state index is 14.0. The number of rotatable bonds is 7. The van der Waals surface area contributed by atoms with Gasteiger partial charge in [0.2, 0.25) is 5.91 Å². The standard InChI is InChI=1S/C22H24BrClN2O6/c1-3-8-25(13-6-4-12(24)5-7-13)20(29)18-22-9-14(23)17(32-22)15(21(30)31)16(22)19(28)26(18)11(2)10-27/h3-7,11,14-18,27H,1,8-10H2,2H3,(H,30,31)/t11-,14?,15-,16+,17-,18?,22?/m1/s1. The average Bonchev–Trinajstić information content (AvgIpc) is 3.35. The molecule has 3 saturated heterocycles. The predicted molar refractivity (Wildman–Crippen MR) is 121 cm³/mol. The van der Waals surface area contributed by atoms with E-state index in [-0.39, 0.29) is 18.0 Å². The molecular weight excluding hydrogens is 504 g/mol. The van der Waals surface area contributed by atoms with Crippen LogP contribution in [0, 0.1) is 11.8 Å². The second-order valence-corrected chi connectivity index (χ2v) is 10.1. The Hall–Kier alpha value is -1.94. The summed E-state index contributed by atoms with van der Waals surface area (Å²) in [5.41, 5.74) is -0.744. The number of alkyl halides is 1. The zero-order valence-corrected chi connectivity index (χ0v) is 19.7. The molecule has 32 heavy (non-hydrogen) atoms. The highest BCUT2D eigenvalue weighted by Gasteiger charge is 2.77. The number of carboxylic acids is 1. The molecule has 3 aliphatic heterocycles. The molecule has 4 rings (SSSR count). The number of carbonyl (C=O) groups is 3. The number of halogens is 2. The van der Waals surface area contributed by atoms with E-state index in [0.717, 1.165) is 0 Å². The van der Waals surface area contributed by atoms with Gasteiger partial charge < -0.3 is 24.7 Å². The van der Waals surface area contributed by atoms with E-state index in [0.29, 0.717) is 17.1 Å². The van der Waals surface area contributed by atoms with Crippen molar-refractivity contribution in [2.45, 2.75) is 42.0 Å². The third-order valence-electron chi connectivity index (χ3n) is 6.70. The van der Waals surface area contributed by atoms with Crippen molar-refractivity contribution in [3.63, 3.8) is 0 Å². The van der Waals surface area contributed by atoms with E-state index in [9.17, 15) is 24.6 Å². The maximum Gasteiger partial charge on any atom is 0.310 e. The highest BCUT2D eigenvalue weighted by Crippen LogP contribution is 2.60. The van der Waals surface area contributed by atoms with E-state index in [2.05, 4.69) is 22.5 Å². The van der Waals surface area contributed by atoms with Crippen LogP contribution in [0.3, 0.4) is 0 Å². The van der Waals surface area contributed by atoms with Gasteiger partial charge >= 0.3 is 5.97 Å². The Kier molecular flexibility index (Phi) is 6.13. The number of aliphatic hydroxyl groups excluding tert-OH is 1. The summed E-state index contributed by atoms with van der Waals surface area (Å²) in [6.45, 7) is 5.16. The van der Waals surface area contributed by atoms with Crippen LogP contribution in [0.15, 0.2) is 36.9 Å². The number of benzene rings is 1. The van der Waals surface area contributed by atoms with Gasteiger partial charge in [-0.25, -0.2) is 0 Å². The Bertz CT molecular complexity index is 958. The molecule has 0 saturated carbocycles. The Morgan fingerprint density at radius 3 is 2.66 bits per heavy atom. The lowest BCUT2D eigenvalue weighted by molar-refractivity contribution is -0.150. The largest absolute Gasteiger partial charge is 0.481 e. The van der Waals surface area contributed by atoms with Gasteiger partial charge in [-0.3, -0.25) is 14.4 Å². The van der Waals surface area contributed by atoms with E-state index < -0.39 is 53.4 Å². The van der Waals surface area contributed by atoms with Gasteiger partial charge in [-0.05, 0) is 37.6 Å². The lowest BCUT2D eigenvalue weighted by Crippen LogP contribution is -2.58. The van der Waals surface area contributed by atoms with Crippen molar-refractivity contribution in [2.24, 2.45) is 11.8 Å². The minimum atomic E-state index is -1.30. The summed E-state index contributed by atoms with van der Waals surface area (Å²) < 4.78 is 6.22. The Morgan fingerprint density at radius 2 is 2.09 bits per heavy atom. The molecule has 3 unspecified atom stereocenters. The number of amides is 2. The number of fused-ring (bicyclic) bond motifs is 1. The molecule has 2 N–H and O–H groups in total. The summed E-state index contributed by atoms with van der Waals surface area (Å²) in [6, 6.07) is 4.90. The number of carboxylic acid groups (broad SMARTS) is 1. The molecular formula is C22H24BrClN2O6. The topological polar surface area (TPSA) is 107 Å². The van der Waals surface area contributed by atoms with Gasteiger partial charge in [0.15, 0.2) is 0 Å². The Labute approximate surface area is 198 Å². The van der Waals surface area contributed by atoms with E-state index in [1.807, 2.05) is 0 Å². The fourth-order valence-corrected chi connectivity index (χ4v) is 6.48. The summed E-state index contributed by atoms with van der Waals surface area (Å²) >= 11 is 9.51. The van der Waals surface area contributed by atoms with Crippen LogP contribution in [0.1, 0.15) is 13.3 Å². The van der Waals surface area contributed by atoms with Crippen LogP contribution in [-0.4, -0.2) is 74.7 Å². The van der Waals surface area contributed by atoms with Crippen LogP contribution in [0.25, 0.3) is 0 Å². The van der Waals surface area contributed by atoms with E-state index in [1.165, 1.54) is 9.80 Å². The summed E-state index contributed by atoms with van der Waals surface area (Å²) in [5, 5.41) is 20.2. The van der Waals surface area contributed by atoms with Gasteiger partial charge in [-0.1, -0.05) is 33.6 Å². The highest BCUT2D eigenvalue weighted by atomic mass is 79.9. The van der Waals surface area contributed by atoms with Crippen molar-refractivity contribution >= 4 is 51.0 Å². The van der Waals surface area contributed by atoms with Crippen molar-refractivity contribution in [1.29, 1.82) is 0 Å². The second-order valence-electron chi connectivity index (χ2n) is 8.49. The first-order valence-corrected chi connectivity index (χ1v) is 11.6. The predicted octanol–water partition coefficient (Wildman–Crippen LogP) is 2.07. The summed E-state index contributed by atoms with van der Waals surface area (Å²) in [5.74, 6) is -4.11. The molecule has 0 radical (unpaired) electrons. The van der Waals surface area contributed by atoms with Crippen molar-refractivity contribution in [1.82, 2.24) is 4.90 Å². The van der Waals surface area contributed by atoms with Crippen LogP contribution in [0.4, 0.5) is 5.69 Å². The summed E-state index contributed by atoms with van der Waals surface area (Å²) in [6.07, 6.45) is 1.16. The molecule has 8 nitrogen and oxygen atoms in total. The number of anilines is 1. The Morgan fingerprint density at radius 1 is 1.44 bits per heavy atom. The van der Waals surface area contributed by atoms with E-state index in [1.54, 1.807) is 37.3 Å². The summed E-state index contributed by atoms with van der Waals surface area (Å²) in [4.78, 5) is 42.1. The van der Waals surface area contributed by atoms with Gasteiger partial charge in [0.05, 0.1) is 30.6 Å². The van der Waals surface area contributed by atoms with Crippen LogP contribution in [0.5, 0.6) is 0 Å². The van der Waals surface area contributed by atoms with Gasteiger partial charge in [-0.2, -0.15) is 0 Å². The normalized spacial score (nSPS) is 33.8. The fraction of sp³-hybridized carbons (Fsp3) is 0.500. The Balaban J connectivity index is 1.83. The van der Waals surface area contributed by atoms with Gasteiger partial charge in [0, 0.05) is 22.1 Å². The zero-order valence-electron chi connectivity index (χ0n) is 17.4. The number of aliphatic hydroxyl groups is 1. The molecule has 1 aromatic rings. The molecule has 3 aliphatic rings. The van der Waals surface area contributed by atoms with Crippen molar-refractivity contribution in [2.75, 3.05) is 18.1 Å². The highest BCUT2D eigenvalue weighted by molar-refractivity contribution is 9.09. The van der Waals surface area contributed by atoms with Gasteiger partial charge in [0.25, 0.3) is 5.91 Å². The number of likely N-dealkylation sites (tertiary alicyclic amines) is 1. The van der Waals surface area contributed by atoms with Crippen LogP contribution < -0.4 is 4.90 Å². The molecule has 3 fully saturated rings. The number of ether oxygens (including phenoxy) is 1. The molecule has 7 atom stereocenters. The third kappa shape index (κ3) is 3.29. The molecule has 0 aliphatic carbocycles. The number of hydrogen-bond acceptors (Lipinski definition) is 5. The molecule has 0 aromatic heterocycles. The van der Waals surface area contributed by atoms with Crippen LogP contribution >= 0.6 is 27.5 Å². The minimum absolute atomic E-state index is 0.163. The molecule has 2 bridgehead atoms. The van der Waals surface area contributed by atoms with Crippen molar-refractivity contribution < 1.29 is 29.3 Å². The number of nitrogens with zero attached hydrogens (tertiary/aromatic N) is 2. The molecule has 172 valence electrons. The van der Waals surface area contributed by atoms with Gasteiger partial charge in [-0.15, -0.1) is 6.58 Å². The SMILES string of the molecule is C=CCN(C(=O)C1N([C@H](C)CO)C(=O)[C@@H]2[C@@H](C(=O)O)[C@@H]3OC12CC3Br)c1ccc(Cl)cc1. The second kappa shape index (κ2) is 8.44. The monoisotopic (exact) mass is 526 g/mol. The summed E-state index contributed by atoms with van der Waals surface area (Å²) in [7, 11) is 0. The number of carbonyl (C=O) groups excluding carboxylic acids is 2. The van der Waals surface area contributed by atoms with Crippen LogP contribution in [0.2, 0.25) is 5.02 Å². The van der Waals surface area contributed by atoms with Crippen molar-refractivity contribution in [3.8, 4) is 0 Å². The quantitative estimate of drug-likeness (QED) is 0.415. The molecule has 10 heteroatoms. The number of aliphatic carboxylic acids is 1. The zero-order chi connectivity index (χ0) is 23.4. The van der Waals surface area contributed by atoms with Crippen molar-refractivity contribution in [3.05, 3.63) is 41.9 Å². The molecule has 2 amide bonds. The van der Waals surface area contributed by atoms with Gasteiger partial charge in [0.1, 0.15) is 11.6 Å². The average molecular weight is 528 g/mol. The maximum atomic E-state index is 14.0. The van der Waals surface area contributed by atoms with E-state index >= 15 is 0 Å². The third-order valence-corrected chi connectivity index (χ3v) is 7.80. The molecule has 1 spiro atoms. The van der Waals surface area contributed by atoms with Crippen LogP contribution in [-0.2, 0) is 19.1 Å². The molecule has 1 aromatic carbocycles. The lowest BCUT2D eigenvalue weighted by Gasteiger charge is -2.38. The smallest absolute Gasteiger partial charge is 0.310 e. The number of hydrogen-bond donors (Lipinski definition) is 2. The lowest BCUT2D eigenvalue weighted by atomic mass is 9.70.